The second-order valence-corrected chi connectivity index (χ2v) is 6.61. The molecule has 0 unspecified atom stereocenters. The summed E-state index contributed by atoms with van der Waals surface area (Å²) in [7, 11) is 0. The van der Waals surface area contributed by atoms with Gasteiger partial charge in [0.05, 0.1) is 10.2 Å². The van der Waals surface area contributed by atoms with Crippen LogP contribution in [-0.2, 0) is 0 Å². The minimum absolute atomic E-state index is 0.0882. The van der Waals surface area contributed by atoms with Crippen LogP contribution in [-0.4, -0.2) is 47.1 Å². The van der Waals surface area contributed by atoms with Crippen molar-refractivity contribution >= 4 is 38.5 Å². The number of carbonyl (C=O) groups excluding carboxylic acids is 1. The molecular formula is C17H17N5OS. The summed E-state index contributed by atoms with van der Waals surface area (Å²) >= 11 is 1.50. The standard InChI is InChI=1S/C17H17N5OS/c23-17(20-16-19-13-5-1-2-6-14(13)24-16)22-11-9-21(10-12-22)15-7-3-4-8-18-15/h1-8H,9-12H2,(H,19,20,23). The van der Waals surface area contributed by atoms with Gasteiger partial charge in [-0.25, -0.2) is 14.8 Å². The molecule has 0 bridgehead atoms. The first-order valence-electron chi connectivity index (χ1n) is 7.87. The van der Waals surface area contributed by atoms with Gasteiger partial charge in [-0.05, 0) is 24.3 Å². The van der Waals surface area contributed by atoms with Crippen molar-refractivity contribution in [3.8, 4) is 0 Å². The van der Waals surface area contributed by atoms with E-state index in [1.165, 1.54) is 11.3 Å². The fraction of sp³-hybridized carbons (Fsp3) is 0.235. The lowest BCUT2D eigenvalue weighted by Gasteiger charge is -2.35. The third-order valence-corrected chi connectivity index (χ3v) is 5.00. The summed E-state index contributed by atoms with van der Waals surface area (Å²) in [6.07, 6.45) is 1.79. The van der Waals surface area contributed by atoms with Crippen LogP contribution < -0.4 is 10.2 Å². The maximum Gasteiger partial charge on any atom is 0.323 e. The Morgan fingerprint density at radius 2 is 1.83 bits per heavy atom. The summed E-state index contributed by atoms with van der Waals surface area (Å²) in [5.41, 5.74) is 0.915. The summed E-state index contributed by atoms with van der Waals surface area (Å²) in [5, 5.41) is 3.56. The van der Waals surface area contributed by atoms with E-state index in [-0.39, 0.29) is 6.03 Å². The van der Waals surface area contributed by atoms with E-state index in [0.29, 0.717) is 18.2 Å². The Morgan fingerprint density at radius 3 is 2.58 bits per heavy atom. The highest BCUT2D eigenvalue weighted by molar-refractivity contribution is 7.22. The number of hydrogen-bond donors (Lipinski definition) is 1. The smallest absolute Gasteiger partial charge is 0.323 e. The highest BCUT2D eigenvalue weighted by Crippen LogP contribution is 2.25. The van der Waals surface area contributed by atoms with Crippen molar-refractivity contribution in [2.45, 2.75) is 0 Å². The van der Waals surface area contributed by atoms with Gasteiger partial charge in [0.2, 0.25) is 0 Å². The number of anilines is 2. The number of urea groups is 1. The van der Waals surface area contributed by atoms with Gasteiger partial charge in [0.1, 0.15) is 5.82 Å². The Kier molecular flexibility index (Phi) is 4.00. The quantitative estimate of drug-likeness (QED) is 0.779. The van der Waals surface area contributed by atoms with Crippen molar-refractivity contribution < 1.29 is 4.79 Å². The lowest BCUT2D eigenvalue weighted by atomic mass is 10.3. The lowest BCUT2D eigenvalue weighted by Crippen LogP contribution is -2.50. The summed E-state index contributed by atoms with van der Waals surface area (Å²) < 4.78 is 1.08. The molecule has 122 valence electrons. The molecule has 1 saturated heterocycles. The van der Waals surface area contributed by atoms with Gasteiger partial charge in [-0.2, -0.15) is 0 Å². The predicted molar refractivity (Wildman–Crippen MR) is 96.7 cm³/mol. The number of fused-ring (bicyclic) bond motifs is 1. The van der Waals surface area contributed by atoms with Gasteiger partial charge in [0.25, 0.3) is 0 Å². The maximum absolute atomic E-state index is 12.4. The van der Waals surface area contributed by atoms with Gasteiger partial charge in [0.15, 0.2) is 5.13 Å². The molecule has 4 rings (SSSR count). The van der Waals surface area contributed by atoms with Gasteiger partial charge in [-0.3, -0.25) is 5.32 Å². The molecular weight excluding hydrogens is 322 g/mol. The van der Waals surface area contributed by atoms with Gasteiger partial charge >= 0.3 is 6.03 Å². The molecule has 0 spiro atoms. The highest BCUT2D eigenvalue weighted by atomic mass is 32.1. The molecule has 2 amide bonds. The van der Waals surface area contributed by atoms with Gasteiger partial charge < -0.3 is 9.80 Å². The molecule has 3 heterocycles. The van der Waals surface area contributed by atoms with Crippen molar-refractivity contribution in [2.24, 2.45) is 0 Å². The minimum Gasteiger partial charge on any atom is -0.353 e. The molecule has 0 atom stereocenters. The number of para-hydroxylation sites is 1. The fourth-order valence-electron chi connectivity index (χ4n) is 2.78. The normalized spacial score (nSPS) is 14.8. The van der Waals surface area contributed by atoms with Gasteiger partial charge in [0, 0.05) is 32.4 Å². The average Bonchev–Trinajstić information content (AvgIpc) is 3.05. The first-order chi connectivity index (χ1) is 11.8. The van der Waals surface area contributed by atoms with Crippen LogP contribution in [0.2, 0.25) is 0 Å². The minimum atomic E-state index is -0.0882. The van der Waals surface area contributed by atoms with Crippen molar-refractivity contribution in [1.29, 1.82) is 0 Å². The number of pyridine rings is 1. The maximum atomic E-state index is 12.4. The highest BCUT2D eigenvalue weighted by Gasteiger charge is 2.22. The van der Waals surface area contributed by atoms with Crippen molar-refractivity contribution in [1.82, 2.24) is 14.9 Å². The monoisotopic (exact) mass is 339 g/mol. The summed E-state index contributed by atoms with van der Waals surface area (Å²) in [6.45, 7) is 2.91. The third-order valence-electron chi connectivity index (χ3n) is 4.05. The molecule has 3 aromatic rings. The predicted octanol–water partition coefficient (Wildman–Crippen LogP) is 3.05. The molecule has 0 aliphatic carbocycles. The zero-order chi connectivity index (χ0) is 16.4. The largest absolute Gasteiger partial charge is 0.353 e. The molecule has 1 aliphatic rings. The number of thiazole rings is 1. The van der Waals surface area contributed by atoms with E-state index >= 15 is 0 Å². The number of aromatic nitrogens is 2. The number of benzene rings is 1. The van der Waals surface area contributed by atoms with Crippen LogP contribution in [0.15, 0.2) is 48.7 Å². The molecule has 1 fully saturated rings. The summed E-state index contributed by atoms with van der Waals surface area (Å²) in [5.74, 6) is 0.962. The number of nitrogens with zero attached hydrogens (tertiary/aromatic N) is 4. The summed E-state index contributed by atoms with van der Waals surface area (Å²) in [4.78, 5) is 25.3. The average molecular weight is 339 g/mol. The third kappa shape index (κ3) is 3.03. The summed E-state index contributed by atoms with van der Waals surface area (Å²) in [6, 6.07) is 13.7. The number of amides is 2. The first kappa shape index (κ1) is 14.9. The van der Waals surface area contributed by atoms with Crippen LogP contribution in [0.4, 0.5) is 15.7 Å². The van der Waals surface area contributed by atoms with Crippen LogP contribution in [0.5, 0.6) is 0 Å². The Hall–Kier alpha value is -2.67. The van der Waals surface area contributed by atoms with E-state index < -0.39 is 0 Å². The van der Waals surface area contributed by atoms with Crippen LogP contribution >= 0.6 is 11.3 Å². The molecule has 1 aliphatic heterocycles. The number of carbonyl (C=O) groups is 1. The SMILES string of the molecule is O=C(Nc1nc2ccccc2s1)N1CCN(c2ccccn2)CC1. The Bertz CT molecular complexity index is 809. The lowest BCUT2D eigenvalue weighted by molar-refractivity contribution is 0.208. The second-order valence-electron chi connectivity index (χ2n) is 5.58. The van der Waals surface area contributed by atoms with Crippen LogP contribution in [0.1, 0.15) is 0 Å². The zero-order valence-electron chi connectivity index (χ0n) is 13.1. The zero-order valence-corrected chi connectivity index (χ0v) is 13.9. The molecule has 2 aromatic heterocycles. The number of rotatable bonds is 2. The fourth-order valence-corrected chi connectivity index (χ4v) is 3.63. The van der Waals surface area contributed by atoms with Crippen molar-refractivity contribution in [3.05, 3.63) is 48.7 Å². The second kappa shape index (κ2) is 6.45. The van der Waals surface area contributed by atoms with Crippen molar-refractivity contribution in [3.63, 3.8) is 0 Å². The van der Waals surface area contributed by atoms with E-state index in [1.807, 2.05) is 47.4 Å². The van der Waals surface area contributed by atoms with Crippen LogP contribution in [0.25, 0.3) is 10.2 Å². The molecule has 1 aromatic carbocycles. The van der Waals surface area contributed by atoms with E-state index in [2.05, 4.69) is 20.2 Å². The van der Waals surface area contributed by atoms with E-state index in [1.54, 1.807) is 6.20 Å². The van der Waals surface area contributed by atoms with Gasteiger partial charge in [-0.1, -0.05) is 29.5 Å². The van der Waals surface area contributed by atoms with E-state index in [9.17, 15) is 4.79 Å². The number of hydrogen-bond acceptors (Lipinski definition) is 5. The van der Waals surface area contributed by atoms with Crippen molar-refractivity contribution in [2.75, 3.05) is 36.4 Å². The van der Waals surface area contributed by atoms with Gasteiger partial charge in [-0.15, -0.1) is 0 Å². The Labute approximate surface area is 143 Å². The first-order valence-corrected chi connectivity index (χ1v) is 8.69. The van der Waals surface area contributed by atoms with Crippen LogP contribution in [0.3, 0.4) is 0 Å². The van der Waals surface area contributed by atoms with Crippen LogP contribution in [0, 0.1) is 0 Å². The van der Waals surface area contributed by atoms with E-state index in [0.717, 1.165) is 29.1 Å². The van der Waals surface area contributed by atoms with E-state index in [4.69, 9.17) is 0 Å². The molecule has 7 heteroatoms. The number of piperazine rings is 1. The Balaban J connectivity index is 1.37. The molecule has 0 saturated carbocycles. The molecule has 1 N–H and O–H groups in total. The molecule has 0 radical (unpaired) electrons. The molecule has 24 heavy (non-hydrogen) atoms. The number of nitrogens with one attached hydrogen (secondary N) is 1. The topological polar surface area (TPSA) is 61.4 Å². The molecule has 6 nitrogen and oxygen atoms in total. The Morgan fingerprint density at radius 1 is 1.04 bits per heavy atom.